The minimum Gasteiger partial charge on any atom is -0.353 e. The second kappa shape index (κ2) is 8.22. The molecule has 8 heteroatoms. The van der Waals surface area contributed by atoms with Gasteiger partial charge in [0.2, 0.25) is 11.8 Å². The molecule has 0 unspecified atom stereocenters. The smallest absolute Gasteiger partial charge is 0.237 e. The third kappa shape index (κ3) is 4.27. The second-order valence-electron chi connectivity index (χ2n) is 7.04. The Kier molecular flexibility index (Phi) is 5.98. The van der Waals surface area contributed by atoms with Crippen LogP contribution in [0.2, 0.25) is 5.02 Å². The lowest BCUT2D eigenvalue weighted by Gasteiger charge is -2.40. The van der Waals surface area contributed by atoms with E-state index >= 15 is 0 Å². The first-order chi connectivity index (χ1) is 12.5. The Morgan fingerprint density at radius 3 is 2.62 bits per heavy atom. The predicted molar refractivity (Wildman–Crippen MR) is 101 cm³/mol. The fourth-order valence-corrected chi connectivity index (χ4v) is 3.71. The van der Waals surface area contributed by atoms with Crippen LogP contribution in [0.3, 0.4) is 0 Å². The summed E-state index contributed by atoms with van der Waals surface area (Å²) in [5.74, 6) is 0.878. The van der Waals surface area contributed by atoms with Gasteiger partial charge in [-0.3, -0.25) is 14.5 Å². The zero-order valence-corrected chi connectivity index (χ0v) is 16.1. The standard InChI is InChI=1S/C18H26ClN5O2/c1-13(2)24-6-5-20-18(26)15(24)11-17(25)23-9-7-22(8-10-23)16-4-3-14(19)12-21-16/h3-4,12-13,15H,5-11H2,1-2H3,(H,20,26)/t15-/m1/s1. The molecule has 0 aliphatic carbocycles. The monoisotopic (exact) mass is 379 g/mol. The number of nitrogens with zero attached hydrogens (tertiary/aromatic N) is 4. The summed E-state index contributed by atoms with van der Waals surface area (Å²) in [6.45, 7) is 8.29. The summed E-state index contributed by atoms with van der Waals surface area (Å²) in [6.07, 6.45) is 1.87. The van der Waals surface area contributed by atoms with Gasteiger partial charge in [0.15, 0.2) is 0 Å². The Morgan fingerprint density at radius 1 is 1.27 bits per heavy atom. The Labute approximate surface area is 159 Å². The van der Waals surface area contributed by atoms with Gasteiger partial charge in [0.25, 0.3) is 0 Å². The highest BCUT2D eigenvalue weighted by Crippen LogP contribution is 2.18. The van der Waals surface area contributed by atoms with Gasteiger partial charge < -0.3 is 15.1 Å². The molecule has 3 rings (SSSR count). The van der Waals surface area contributed by atoms with Crippen LogP contribution in [0.1, 0.15) is 20.3 Å². The van der Waals surface area contributed by atoms with E-state index < -0.39 is 0 Å². The van der Waals surface area contributed by atoms with E-state index in [0.29, 0.717) is 24.7 Å². The quantitative estimate of drug-likeness (QED) is 0.844. The van der Waals surface area contributed by atoms with Crippen LogP contribution in [0.15, 0.2) is 18.3 Å². The van der Waals surface area contributed by atoms with Crippen molar-refractivity contribution in [1.29, 1.82) is 0 Å². The maximum atomic E-state index is 12.7. The minimum absolute atomic E-state index is 0.0395. The van der Waals surface area contributed by atoms with E-state index in [1.807, 2.05) is 17.0 Å². The van der Waals surface area contributed by atoms with E-state index in [-0.39, 0.29) is 30.3 Å². The third-order valence-corrected chi connectivity index (χ3v) is 5.30. The van der Waals surface area contributed by atoms with Crippen molar-refractivity contribution >= 4 is 29.2 Å². The summed E-state index contributed by atoms with van der Waals surface area (Å²) in [5, 5.41) is 3.49. The number of carbonyl (C=O) groups excluding carboxylic acids is 2. The molecule has 0 aromatic carbocycles. The summed E-state index contributed by atoms with van der Waals surface area (Å²) in [4.78, 5) is 35.4. The van der Waals surface area contributed by atoms with Crippen molar-refractivity contribution in [2.75, 3.05) is 44.2 Å². The van der Waals surface area contributed by atoms with E-state index in [2.05, 4.69) is 33.9 Å². The Morgan fingerprint density at radius 2 is 2.00 bits per heavy atom. The number of pyridine rings is 1. The molecule has 1 atom stereocenters. The third-order valence-electron chi connectivity index (χ3n) is 5.07. The van der Waals surface area contributed by atoms with Crippen molar-refractivity contribution in [1.82, 2.24) is 20.1 Å². The molecule has 0 bridgehead atoms. The van der Waals surface area contributed by atoms with Crippen molar-refractivity contribution in [3.05, 3.63) is 23.4 Å². The first-order valence-corrected chi connectivity index (χ1v) is 9.51. The normalized spacial score (nSPS) is 21.8. The van der Waals surface area contributed by atoms with Crippen molar-refractivity contribution in [2.45, 2.75) is 32.4 Å². The molecule has 1 aromatic heterocycles. The van der Waals surface area contributed by atoms with Gasteiger partial charge in [0, 0.05) is 51.5 Å². The summed E-state index contributed by atoms with van der Waals surface area (Å²) in [5.41, 5.74) is 0. The van der Waals surface area contributed by atoms with Gasteiger partial charge in [-0.05, 0) is 26.0 Å². The van der Waals surface area contributed by atoms with Gasteiger partial charge in [0.1, 0.15) is 5.82 Å². The SMILES string of the molecule is CC(C)N1CCNC(=O)[C@H]1CC(=O)N1CCN(c2ccc(Cl)cn2)CC1. The maximum absolute atomic E-state index is 12.7. The van der Waals surface area contributed by atoms with Crippen LogP contribution < -0.4 is 10.2 Å². The molecule has 0 radical (unpaired) electrons. The molecule has 2 aliphatic rings. The topological polar surface area (TPSA) is 68.8 Å². The Hall–Kier alpha value is -1.86. The highest BCUT2D eigenvalue weighted by Gasteiger charge is 2.34. The molecule has 1 aromatic rings. The van der Waals surface area contributed by atoms with Crippen LogP contribution in [0, 0.1) is 0 Å². The van der Waals surface area contributed by atoms with Gasteiger partial charge in [0.05, 0.1) is 17.5 Å². The summed E-state index contributed by atoms with van der Waals surface area (Å²) >= 11 is 5.88. The Bertz CT molecular complexity index is 643. The zero-order valence-electron chi connectivity index (χ0n) is 15.3. The number of amides is 2. The number of piperazine rings is 2. The number of hydrogen-bond acceptors (Lipinski definition) is 5. The van der Waals surface area contributed by atoms with E-state index in [4.69, 9.17) is 11.6 Å². The van der Waals surface area contributed by atoms with Crippen LogP contribution >= 0.6 is 11.6 Å². The largest absolute Gasteiger partial charge is 0.353 e. The first-order valence-electron chi connectivity index (χ1n) is 9.13. The Balaban J connectivity index is 1.56. The van der Waals surface area contributed by atoms with Crippen molar-refractivity contribution in [3.63, 3.8) is 0 Å². The maximum Gasteiger partial charge on any atom is 0.237 e. The summed E-state index contributed by atoms with van der Waals surface area (Å²) in [6, 6.07) is 3.59. The molecule has 1 N–H and O–H groups in total. The molecule has 2 aliphatic heterocycles. The van der Waals surface area contributed by atoms with E-state index in [0.717, 1.165) is 25.5 Å². The molecule has 26 heavy (non-hydrogen) atoms. The average Bonchev–Trinajstić information content (AvgIpc) is 2.64. The van der Waals surface area contributed by atoms with E-state index in [1.54, 1.807) is 6.20 Å². The molecule has 3 heterocycles. The molecule has 0 spiro atoms. The highest BCUT2D eigenvalue weighted by atomic mass is 35.5. The fraction of sp³-hybridized carbons (Fsp3) is 0.611. The van der Waals surface area contributed by atoms with Crippen molar-refractivity contribution < 1.29 is 9.59 Å². The zero-order chi connectivity index (χ0) is 18.7. The molecular weight excluding hydrogens is 354 g/mol. The number of carbonyl (C=O) groups is 2. The van der Waals surface area contributed by atoms with Crippen molar-refractivity contribution in [3.8, 4) is 0 Å². The second-order valence-corrected chi connectivity index (χ2v) is 7.48. The summed E-state index contributed by atoms with van der Waals surface area (Å²) in [7, 11) is 0. The molecule has 2 saturated heterocycles. The van der Waals surface area contributed by atoms with Crippen LogP contribution in [-0.4, -0.2) is 78.0 Å². The lowest BCUT2D eigenvalue weighted by Crippen LogP contribution is -2.59. The van der Waals surface area contributed by atoms with Gasteiger partial charge in [-0.2, -0.15) is 0 Å². The molecule has 0 saturated carbocycles. The van der Waals surface area contributed by atoms with Crippen LogP contribution in [0.25, 0.3) is 0 Å². The van der Waals surface area contributed by atoms with Gasteiger partial charge in [-0.25, -0.2) is 4.98 Å². The number of halogens is 1. The molecule has 142 valence electrons. The lowest BCUT2D eigenvalue weighted by atomic mass is 10.1. The van der Waals surface area contributed by atoms with Crippen LogP contribution in [-0.2, 0) is 9.59 Å². The average molecular weight is 380 g/mol. The highest BCUT2D eigenvalue weighted by molar-refractivity contribution is 6.30. The van der Waals surface area contributed by atoms with Gasteiger partial charge in [-0.15, -0.1) is 0 Å². The minimum atomic E-state index is -0.368. The predicted octanol–water partition coefficient (Wildman–Crippen LogP) is 0.983. The van der Waals surface area contributed by atoms with Gasteiger partial charge >= 0.3 is 0 Å². The summed E-state index contributed by atoms with van der Waals surface area (Å²) < 4.78 is 0. The van der Waals surface area contributed by atoms with Crippen LogP contribution in [0.4, 0.5) is 5.82 Å². The van der Waals surface area contributed by atoms with E-state index in [1.165, 1.54) is 0 Å². The van der Waals surface area contributed by atoms with E-state index in [9.17, 15) is 9.59 Å². The van der Waals surface area contributed by atoms with Crippen LogP contribution in [0.5, 0.6) is 0 Å². The molecule has 2 fully saturated rings. The molecule has 7 nitrogen and oxygen atoms in total. The number of rotatable bonds is 4. The number of nitrogens with one attached hydrogen (secondary N) is 1. The number of hydrogen-bond donors (Lipinski definition) is 1. The van der Waals surface area contributed by atoms with Gasteiger partial charge in [-0.1, -0.05) is 11.6 Å². The number of anilines is 1. The van der Waals surface area contributed by atoms with Crippen molar-refractivity contribution in [2.24, 2.45) is 0 Å². The molecule has 2 amide bonds. The molecular formula is C18H26ClN5O2. The number of aromatic nitrogens is 1. The first kappa shape index (κ1) is 18.9. The fourth-order valence-electron chi connectivity index (χ4n) is 3.60. The lowest BCUT2D eigenvalue weighted by molar-refractivity contribution is -0.139.